The molecule has 3 N–H and O–H groups in total. The zero-order chi connectivity index (χ0) is 22.6. The summed E-state index contributed by atoms with van der Waals surface area (Å²) in [6.07, 6.45) is 2.20. The number of hydrogen-bond donors (Lipinski definition) is 2. The second-order valence-electron chi connectivity index (χ2n) is 6.95. The van der Waals surface area contributed by atoms with Crippen LogP contribution in [0.3, 0.4) is 0 Å². The van der Waals surface area contributed by atoms with Crippen LogP contribution in [0.25, 0.3) is 22.4 Å². The number of aromatic nitrogens is 1. The molecule has 0 fully saturated rings. The third kappa shape index (κ3) is 5.46. The summed E-state index contributed by atoms with van der Waals surface area (Å²) in [5.41, 5.74) is 3.87. The maximum Gasteiger partial charge on any atom is 0.245 e. The van der Waals surface area contributed by atoms with Gasteiger partial charge in [-0.1, -0.05) is 12.1 Å². The van der Waals surface area contributed by atoms with Crippen LogP contribution in [0.15, 0.2) is 65.7 Å². The molecule has 0 aliphatic heterocycles. The van der Waals surface area contributed by atoms with E-state index in [1.165, 1.54) is 19.2 Å². The average Bonchev–Trinajstić information content (AvgIpc) is 2.76. The molecule has 162 valence electrons. The summed E-state index contributed by atoms with van der Waals surface area (Å²) in [7, 11) is -0.929. The Hall–Kier alpha value is -3.27. The Morgan fingerprint density at radius 2 is 1.71 bits per heavy atom. The maximum atomic E-state index is 11.7. The molecule has 9 heteroatoms. The molecule has 0 atom stereocenters. The normalized spacial score (nSPS) is 11.2. The molecule has 2 aromatic carbocycles. The molecular formula is C22H23N3O5S. The molecule has 3 aromatic rings. The number of carbonyl (C=O) groups excluding carboxylic acids is 1. The molecule has 1 aromatic heterocycles. The Labute approximate surface area is 180 Å². The van der Waals surface area contributed by atoms with Gasteiger partial charge in [0.1, 0.15) is 5.75 Å². The number of nitrogens with zero attached hydrogens (tertiary/aromatic N) is 2. The standard InChI is InChI=1S/C22H23N3O5S/c1-25(27)21(26)12-3-15-13-20(16-6-10-19(11-7-16)31(23,28)29)22(24-14-15)17-4-8-18(30-2)9-5-17/h4-11,13-14,27H,3,12H2,1-2H3,(H2,23,28,29). The minimum atomic E-state index is -3.80. The van der Waals surface area contributed by atoms with Crippen LogP contribution in [0.2, 0.25) is 0 Å². The summed E-state index contributed by atoms with van der Waals surface area (Å²) in [6.45, 7) is 0. The first-order valence-electron chi connectivity index (χ1n) is 9.41. The Kier molecular flexibility index (Phi) is 6.69. The van der Waals surface area contributed by atoms with Gasteiger partial charge in [0.15, 0.2) is 0 Å². The van der Waals surface area contributed by atoms with Crippen molar-refractivity contribution in [1.82, 2.24) is 10.0 Å². The van der Waals surface area contributed by atoms with E-state index in [4.69, 9.17) is 9.88 Å². The molecule has 3 rings (SSSR count). The van der Waals surface area contributed by atoms with Gasteiger partial charge in [-0.15, -0.1) is 0 Å². The Morgan fingerprint density at radius 3 is 2.26 bits per heavy atom. The van der Waals surface area contributed by atoms with E-state index in [-0.39, 0.29) is 11.3 Å². The summed E-state index contributed by atoms with van der Waals surface area (Å²) in [4.78, 5) is 16.3. The molecule has 0 spiro atoms. The van der Waals surface area contributed by atoms with E-state index in [1.807, 2.05) is 30.3 Å². The van der Waals surface area contributed by atoms with Gasteiger partial charge in [-0.05, 0) is 60.0 Å². The lowest BCUT2D eigenvalue weighted by Crippen LogP contribution is -2.22. The zero-order valence-electron chi connectivity index (χ0n) is 17.1. The summed E-state index contributed by atoms with van der Waals surface area (Å²) in [6, 6.07) is 15.5. The number of primary sulfonamides is 1. The molecule has 0 aliphatic carbocycles. The molecule has 31 heavy (non-hydrogen) atoms. The molecule has 0 saturated heterocycles. The SMILES string of the molecule is COc1ccc(-c2ncc(CCC(=O)N(C)O)cc2-c2ccc(S(N)(=O)=O)cc2)cc1. The van der Waals surface area contributed by atoms with E-state index in [9.17, 15) is 18.4 Å². The Bertz CT molecular complexity index is 1170. The van der Waals surface area contributed by atoms with Crippen LogP contribution < -0.4 is 9.88 Å². The molecule has 0 unspecified atom stereocenters. The Balaban J connectivity index is 2.04. The topological polar surface area (TPSA) is 123 Å². The first kappa shape index (κ1) is 22.4. The highest BCUT2D eigenvalue weighted by Crippen LogP contribution is 2.33. The lowest BCUT2D eigenvalue weighted by Gasteiger charge is -2.13. The minimum absolute atomic E-state index is 0.0166. The maximum absolute atomic E-state index is 11.7. The fourth-order valence-corrected chi connectivity index (χ4v) is 3.60. The van der Waals surface area contributed by atoms with Crippen molar-refractivity contribution in [2.45, 2.75) is 17.7 Å². The van der Waals surface area contributed by atoms with Gasteiger partial charge in [0.25, 0.3) is 0 Å². The van der Waals surface area contributed by atoms with Crippen molar-refractivity contribution in [2.24, 2.45) is 5.14 Å². The van der Waals surface area contributed by atoms with Crippen molar-refractivity contribution in [2.75, 3.05) is 14.2 Å². The highest BCUT2D eigenvalue weighted by Gasteiger charge is 2.14. The number of hydroxylamine groups is 2. The molecule has 0 saturated carbocycles. The number of methoxy groups -OCH3 is 1. The molecule has 0 bridgehead atoms. The van der Waals surface area contributed by atoms with E-state index >= 15 is 0 Å². The largest absolute Gasteiger partial charge is 0.497 e. The molecule has 0 radical (unpaired) electrons. The third-order valence-corrected chi connectivity index (χ3v) is 5.72. The Morgan fingerprint density at radius 1 is 1.10 bits per heavy atom. The number of nitrogens with two attached hydrogens (primary N) is 1. The van der Waals surface area contributed by atoms with Gasteiger partial charge in [-0.2, -0.15) is 0 Å². The molecule has 1 amide bonds. The lowest BCUT2D eigenvalue weighted by molar-refractivity contribution is -0.159. The number of rotatable bonds is 7. The first-order chi connectivity index (χ1) is 14.7. The minimum Gasteiger partial charge on any atom is -0.497 e. The van der Waals surface area contributed by atoms with Gasteiger partial charge in [0.2, 0.25) is 15.9 Å². The van der Waals surface area contributed by atoms with Gasteiger partial charge in [-0.25, -0.2) is 18.6 Å². The monoisotopic (exact) mass is 441 g/mol. The van der Waals surface area contributed by atoms with Gasteiger partial charge in [0, 0.05) is 30.8 Å². The van der Waals surface area contributed by atoms with E-state index in [2.05, 4.69) is 4.98 Å². The van der Waals surface area contributed by atoms with Crippen LogP contribution in [0.4, 0.5) is 0 Å². The zero-order valence-corrected chi connectivity index (χ0v) is 18.0. The summed E-state index contributed by atoms with van der Waals surface area (Å²) in [5.74, 6) is 0.310. The van der Waals surface area contributed by atoms with Crippen molar-refractivity contribution >= 4 is 15.9 Å². The van der Waals surface area contributed by atoms with Gasteiger partial charge >= 0.3 is 0 Å². The number of sulfonamides is 1. The number of aryl methyl sites for hydroxylation is 1. The number of hydrogen-bond acceptors (Lipinski definition) is 6. The quantitative estimate of drug-likeness (QED) is 0.429. The van der Waals surface area contributed by atoms with E-state index in [1.54, 1.807) is 25.4 Å². The van der Waals surface area contributed by atoms with Gasteiger partial charge in [-0.3, -0.25) is 15.0 Å². The number of carbonyl (C=O) groups is 1. The molecule has 8 nitrogen and oxygen atoms in total. The van der Waals surface area contributed by atoms with Crippen molar-refractivity contribution < 1.29 is 23.2 Å². The molecule has 1 heterocycles. The smallest absolute Gasteiger partial charge is 0.245 e. The van der Waals surface area contributed by atoms with E-state index in [0.717, 1.165) is 22.3 Å². The summed E-state index contributed by atoms with van der Waals surface area (Å²) < 4.78 is 28.4. The van der Waals surface area contributed by atoms with Crippen LogP contribution in [0.5, 0.6) is 5.75 Å². The van der Waals surface area contributed by atoms with Crippen molar-refractivity contribution in [1.29, 1.82) is 0 Å². The highest BCUT2D eigenvalue weighted by molar-refractivity contribution is 7.89. The average molecular weight is 442 g/mol. The molecular weight excluding hydrogens is 418 g/mol. The van der Waals surface area contributed by atoms with Crippen molar-refractivity contribution in [3.8, 4) is 28.1 Å². The van der Waals surface area contributed by atoms with Gasteiger partial charge < -0.3 is 4.74 Å². The van der Waals surface area contributed by atoms with Crippen LogP contribution in [0.1, 0.15) is 12.0 Å². The number of ether oxygens (including phenoxy) is 1. The van der Waals surface area contributed by atoms with Crippen molar-refractivity contribution in [3.05, 3.63) is 66.4 Å². The fraction of sp³-hybridized carbons (Fsp3) is 0.182. The molecule has 0 aliphatic rings. The number of pyridine rings is 1. The van der Waals surface area contributed by atoms with Crippen LogP contribution in [0, 0.1) is 0 Å². The number of amides is 1. The van der Waals surface area contributed by atoms with Gasteiger partial charge in [0.05, 0.1) is 17.7 Å². The second kappa shape index (κ2) is 9.25. The predicted octanol–water partition coefficient (Wildman–Crippen LogP) is 2.85. The van der Waals surface area contributed by atoms with E-state index < -0.39 is 15.9 Å². The highest BCUT2D eigenvalue weighted by atomic mass is 32.2. The third-order valence-electron chi connectivity index (χ3n) is 4.79. The van der Waals surface area contributed by atoms with Crippen molar-refractivity contribution in [3.63, 3.8) is 0 Å². The first-order valence-corrected chi connectivity index (χ1v) is 11.0. The lowest BCUT2D eigenvalue weighted by atomic mass is 9.97. The summed E-state index contributed by atoms with van der Waals surface area (Å²) >= 11 is 0. The fourth-order valence-electron chi connectivity index (χ4n) is 3.08. The van der Waals surface area contributed by atoms with E-state index in [0.29, 0.717) is 22.9 Å². The summed E-state index contributed by atoms with van der Waals surface area (Å²) in [5, 5.41) is 15.0. The second-order valence-corrected chi connectivity index (χ2v) is 8.52. The predicted molar refractivity (Wildman–Crippen MR) is 116 cm³/mol. The number of benzene rings is 2. The van der Waals surface area contributed by atoms with Crippen LogP contribution >= 0.6 is 0 Å². The van der Waals surface area contributed by atoms with Crippen LogP contribution in [-0.4, -0.2) is 43.7 Å². The van der Waals surface area contributed by atoms with Crippen LogP contribution in [-0.2, 0) is 21.2 Å².